The van der Waals surface area contributed by atoms with E-state index in [0.717, 1.165) is 21.3 Å². The number of hydrogen-bond donors (Lipinski definition) is 1. The number of anilines is 1. The minimum Gasteiger partial charge on any atom is -0.326 e. The fraction of sp³-hybridized carbons (Fsp3) is 0.250. The highest BCUT2D eigenvalue weighted by molar-refractivity contribution is 9.10. The second kappa shape index (κ2) is 6.72. The lowest BCUT2D eigenvalue weighted by Gasteiger charge is -2.10. The van der Waals surface area contributed by atoms with Crippen LogP contribution in [0, 0.1) is 13.8 Å². The molecule has 0 saturated carbocycles. The monoisotopic (exact) mass is 348 g/mol. The molecule has 0 unspecified atom stereocenters. The molecule has 0 aliphatic heterocycles. The predicted molar refractivity (Wildman–Crippen MR) is 87.6 cm³/mol. The molecule has 0 atom stereocenters. The van der Waals surface area contributed by atoms with E-state index in [-0.39, 0.29) is 17.9 Å². The number of halogens is 1. The smallest absolute Gasteiger partial charge is 0.250 e. The molecule has 1 amide bonds. The quantitative estimate of drug-likeness (QED) is 0.921. The lowest BCUT2D eigenvalue weighted by molar-refractivity contribution is -0.116. The van der Waals surface area contributed by atoms with Crippen LogP contribution in [-0.2, 0) is 11.3 Å². The first-order valence-electron chi connectivity index (χ1n) is 6.69. The van der Waals surface area contributed by atoms with Crippen molar-refractivity contribution in [1.82, 2.24) is 4.57 Å². The topological polar surface area (TPSA) is 51.1 Å². The van der Waals surface area contributed by atoms with E-state index >= 15 is 0 Å². The van der Waals surface area contributed by atoms with Gasteiger partial charge in [0.25, 0.3) is 5.56 Å². The molecular weight excluding hydrogens is 332 g/mol. The van der Waals surface area contributed by atoms with Gasteiger partial charge in [0.1, 0.15) is 0 Å². The van der Waals surface area contributed by atoms with E-state index in [1.807, 2.05) is 32.0 Å². The zero-order valence-electron chi connectivity index (χ0n) is 12.0. The number of nitrogens with zero attached hydrogens (tertiary/aromatic N) is 1. The van der Waals surface area contributed by atoms with Crippen molar-refractivity contribution >= 4 is 27.5 Å². The van der Waals surface area contributed by atoms with Crippen LogP contribution in [0.3, 0.4) is 0 Å². The number of carbonyl (C=O) groups excluding carboxylic acids is 1. The fourth-order valence-corrected chi connectivity index (χ4v) is 2.44. The maximum atomic E-state index is 12.0. The largest absolute Gasteiger partial charge is 0.326 e. The third-order valence-corrected chi connectivity index (χ3v) is 3.65. The first-order valence-corrected chi connectivity index (χ1v) is 7.48. The molecule has 0 saturated heterocycles. The van der Waals surface area contributed by atoms with E-state index in [2.05, 4.69) is 21.2 Å². The van der Waals surface area contributed by atoms with Gasteiger partial charge in [0.2, 0.25) is 5.91 Å². The molecule has 0 radical (unpaired) electrons. The summed E-state index contributed by atoms with van der Waals surface area (Å²) in [4.78, 5) is 23.6. The molecule has 110 valence electrons. The van der Waals surface area contributed by atoms with Crippen molar-refractivity contribution < 1.29 is 4.79 Å². The maximum absolute atomic E-state index is 12.0. The molecule has 5 heteroatoms. The summed E-state index contributed by atoms with van der Waals surface area (Å²) in [6, 6.07) is 9.05. The molecule has 1 N–H and O–H groups in total. The number of rotatable bonds is 4. The summed E-state index contributed by atoms with van der Waals surface area (Å²) in [6.45, 7) is 4.33. The van der Waals surface area contributed by atoms with E-state index < -0.39 is 0 Å². The highest BCUT2D eigenvalue weighted by Gasteiger charge is 2.06. The molecular formula is C16H17BrN2O2. The van der Waals surface area contributed by atoms with E-state index in [0.29, 0.717) is 6.54 Å². The van der Waals surface area contributed by atoms with Crippen LogP contribution >= 0.6 is 15.9 Å². The summed E-state index contributed by atoms with van der Waals surface area (Å²) >= 11 is 3.31. The summed E-state index contributed by atoms with van der Waals surface area (Å²) in [5, 5.41) is 2.88. The normalized spacial score (nSPS) is 10.4. The third kappa shape index (κ3) is 4.29. The number of amides is 1. The average molecular weight is 349 g/mol. The molecule has 2 rings (SSSR count). The minimum absolute atomic E-state index is 0.103. The number of benzene rings is 1. The fourth-order valence-electron chi connectivity index (χ4n) is 2.07. The number of nitrogens with one attached hydrogen (secondary N) is 1. The molecule has 21 heavy (non-hydrogen) atoms. The molecule has 1 aromatic carbocycles. The molecule has 1 aromatic heterocycles. The van der Waals surface area contributed by atoms with E-state index in [9.17, 15) is 9.59 Å². The molecule has 0 aliphatic rings. The van der Waals surface area contributed by atoms with Gasteiger partial charge in [-0.1, -0.05) is 17.7 Å². The van der Waals surface area contributed by atoms with Gasteiger partial charge < -0.3 is 9.88 Å². The lowest BCUT2D eigenvalue weighted by Crippen LogP contribution is -2.22. The van der Waals surface area contributed by atoms with Crippen molar-refractivity contribution in [3.8, 4) is 0 Å². The van der Waals surface area contributed by atoms with Gasteiger partial charge in [-0.3, -0.25) is 9.59 Å². The van der Waals surface area contributed by atoms with Crippen LogP contribution in [0.25, 0.3) is 0 Å². The van der Waals surface area contributed by atoms with Crippen molar-refractivity contribution in [3.63, 3.8) is 0 Å². The summed E-state index contributed by atoms with van der Waals surface area (Å²) in [5.74, 6) is -0.103. The van der Waals surface area contributed by atoms with Gasteiger partial charge in [-0.25, -0.2) is 0 Å². The predicted octanol–water partition coefficient (Wildman–Crippen LogP) is 3.26. The third-order valence-electron chi connectivity index (χ3n) is 3.18. The van der Waals surface area contributed by atoms with Crippen LogP contribution in [-0.4, -0.2) is 10.5 Å². The number of pyridine rings is 1. The zero-order chi connectivity index (χ0) is 15.4. The van der Waals surface area contributed by atoms with E-state index in [1.54, 1.807) is 12.3 Å². The Morgan fingerprint density at radius 2 is 2.00 bits per heavy atom. The highest BCUT2D eigenvalue weighted by atomic mass is 79.9. The van der Waals surface area contributed by atoms with Crippen LogP contribution in [0.2, 0.25) is 0 Å². The second-order valence-corrected chi connectivity index (χ2v) is 5.91. The van der Waals surface area contributed by atoms with Crippen molar-refractivity contribution in [2.24, 2.45) is 0 Å². The van der Waals surface area contributed by atoms with Gasteiger partial charge in [0.15, 0.2) is 0 Å². The van der Waals surface area contributed by atoms with Gasteiger partial charge in [-0.2, -0.15) is 0 Å². The Kier molecular flexibility index (Phi) is 4.96. The van der Waals surface area contributed by atoms with Crippen LogP contribution in [0.15, 0.2) is 45.8 Å². The Morgan fingerprint density at radius 1 is 1.24 bits per heavy atom. The minimum atomic E-state index is -0.113. The molecule has 0 fully saturated rings. The van der Waals surface area contributed by atoms with Crippen LogP contribution in [0.4, 0.5) is 5.69 Å². The standard InChI is InChI=1S/C16H17BrN2O2/c1-11-3-5-14(12(2)9-11)18-15(20)7-8-19-10-13(17)4-6-16(19)21/h3-6,9-10H,7-8H2,1-2H3,(H,18,20). The summed E-state index contributed by atoms with van der Waals surface area (Å²) in [7, 11) is 0. The first kappa shape index (κ1) is 15.5. The molecule has 4 nitrogen and oxygen atoms in total. The Bertz CT molecular complexity index is 722. The highest BCUT2D eigenvalue weighted by Crippen LogP contribution is 2.16. The van der Waals surface area contributed by atoms with Crippen molar-refractivity contribution in [2.75, 3.05) is 5.32 Å². The van der Waals surface area contributed by atoms with Crippen molar-refractivity contribution in [1.29, 1.82) is 0 Å². The Morgan fingerprint density at radius 3 is 2.71 bits per heavy atom. The van der Waals surface area contributed by atoms with Crippen molar-refractivity contribution in [3.05, 3.63) is 62.5 Å². The van der Waals surface area contributed by atoms with Gasteiger partial charge in [0.05, 0.1) is 0 Å². The summed E-state index contributed by atoms with van der Waals surface area (Å²) in [5.41, 5.74) is 2.89. The lowest BCUT2D eigenvalue weighted by atomic mass is 10.1. The van der Waals surface area contributed by atoms with Gasteiger partial charge in [0, 0.05) is 35.4 Å². The molecule has 2 aromatic rings. The number of hydrogen-bond acceptors (Lipinski definition) is 2. The number of carbonyl (C=O) groups is 1. The molecule has 0 aliphatic carbocycles. The molecule has 0 spiro atoms. The van der Waals surface area contributed by atoms with Crippen molar-refractivity contribution in [2.45, 2.75) is 26.8 Å². The van der Waals surface area contributed by atoms with Crippen LogP contribution in [0.1, 0.15) is 17.5 Å². The number of aryl methyl sites for hydroxylation is 3. The van der Waals surface area contributed by atoms with E-state index in [1.165, 1.54) is 10.6 Å². The van der Waals surface area contributed by atoms with Gasteiger partial charge in [-0.15, -0.1) is 0 Å². The SMILES string of the molecule is Cc1ccc(NC(=O)CCn2cc(Br)ccc2=O)c(C)c1. The number of aromatic nitrogens is 1. The van der Waals surface area contributed by atoms with Gasteiger partial charge >= 0.3 is 0 Å². The first-order chi connectivity index (χ1) is 9.95. The Hall–Kier alpha value is -1.88. The maximum Gasteiger partial charge on any atom is 0.250 e. The Balaban J connectivity index is 1.99. The van der Waals surface area contributed by atoms with Crippen LogP contribution < -0.4 is 10.9 Å². The summed E-state index contributed by atoms with van der Waals surface area (Å²) in [6.07, 6.45) is 1.94. The Labute approximate surface area is 131 Å². The summed E-state index contributed by atoms with van der Waals surface area (Å²) < 4.78 is 2.34. The van der Waals surface area contributed by atoms with Gasteiger partial charge in [-0.05, 0) is 47.5 Å². The van der Waals surface area contributed by atoms with E-state index in [4.69, 9.17) is 0 Å². The molecule has 0 bridgehead atoms. The molecule has 1 heterocycles. The average Bonchev–Trinajstić information content (AvgIpc) is 2.43. The second-order valence-electron chi connectivity index (χ2n) is 5.00. The van der Waals surface area contributed by atoms with Crippen LogP contribution in [0.5, 0.6) is 0 Å². The zero-order valence-corrected chi connectivity index (χ0v) is 13.6.